The molecule has 130 valence electrons. The van der Waals surface area contributed by atoms with Crippen molar-refractivity contribution >= 4 is 28.4 Å². The number of imidazole rings is 1. The standard InChI is InChI=1S/C18H15N5O2S/c24-17-11(2-1-6-20-17)3-7-21-18(25)13-4-8-19-16-14(13)22-15(23-16)12-5-9-26-10-12/h1-2,4-6,8-10H,3,7H2,(H,20,24)(H,21,25)(H,19,22,23). The molecule has 0 aliphatic carbocycles. The van der Waals surface area contributed by atoms with Crippen LogP contribution >= 0.6 is 11.3 Å². The number of nitrogens with zero attached hydrogens (tertiary/aromatic N) is 2. The number of aromatic nitrogens is 4. The summed E-state index contributed by atoms with van der Waals surface area (Å²) in [6, 6.07) is 7.13. The predicted octanol–water partition coefficient (Wildman–Crippen LogP) is 2.35. The van der Waals surface area contributed by atoms with Gasteiger partial charge in [-0.15, -0.1) is 0 Å². The first-order chi connectivity index (χ1) is 12.7. The number of thiophene rings is 1. The van der Waals surface area contributed by atoms with Crippen molar-refractivity contribution in [3.63, 3.8) is 0 Å². The zero-order valence-corrected chi connectivity index (χ0v) is 14.5. The van der Waals surface area contributed by atoms with Gasteiger partial charge in [0, 0.05) is 35.4 Å². The Labute approximate surface area is 152 Å². The van der Waals surface area contributed by atoms with E-state index in [1.807, 2.05) is 16.8 Å². The highest BCUT2D eigenvalue weighted by Gasteiger charge is 2.15. The Kier molecular flexibility index (Phi) is 4.32. The van der Waals surface area contributed by atoms with Crippen LogP contribution in [0.2, 0.25) is 0 Å². The molecule has 1 amide bonds. The van der Waals surface area contributed by atoms with E-state index in [9.17, 15) is 9.59 Å². The van der Waals surface area contributed by atoms with Gasteiger partial charge in [0.2, 0.25) is 0 Å². The second-order valence-corrected chi connectivity index (χ2v) is 6.46. The van der Waals surface area contributed by atoms with Crippen molar-refractivity contribution in [2.24, 2.45) is 0 Å². The number of rotatable bonds is 5. The monoisotopic (exact) mass is 365 g/mol. The van der Waals surface area contributed by atoms with Crippen molar-refractivity contribution in [3.8, 4) is 11.4 Å². The molecular formula is C18H15N5O2S. The Morgan fingerprint density at radius 3 is 3.00 bits per heavy atom. The van der Waals surface area contributed by atoms with Gasteiger partial charge in [0.25, 0.3) is 11.5 Å². The highest BCUT2D eigenvalue weighted by Crippen LogP contribution is 2.23. The third-order valence-electron chi connectivity index (χ3n) is 4.01. The van der Waals surface area contributed by atoms with Gasteiger partial charge in [0.1, 0.15) is 5.82 Å². The maximum Gasteiger partial charge on any atom is 0.253 e. The summed E-state index contributed by atoms with van der Waals surface area (Å²) in [7, 11) is 0. The largest absolute Gasteiger partial charge is 0.352 e. The molecule has 0 aliphatic heterocycles. The van der Waals surface area contributed by atoms with Crippen molar-refractivity contribution in [3.05, 3.63) is 68.9 Å². The average Bonchev–Trinajstić information content (AvgIpc) is 3.32. The minimum absolute atomic E-state index is 0.137. The summed E-state index contributed by atoms with van der Waals surface area (Å²) in [5.41, 5.74) is 3.03. The highest BCUT2D eigenvalue weighted by atomic mass is 32.1. The molecule has 0 saturated heterocycles. The van der Waals surface area contributed by atoms with Crippen molar-refractivity contribution < 1.29 is 4.79 Å². The topological polar surface area (TPSA) is 104 Å². The van der Waals surface area contributed by atoms with E-state index in [0.717, 1.165) is 5.56 Å². The van der Waals surface area contributed by atoms with Gasteiger partial charge in [-0.05, 0) is 30.0 Å². The van der Waals surface area contributed by atoms with Gasteiger partial charge in [-0.3, -0.25) is 9.59 Å². The van der Waals surface area contributed by atoms with Gasteiger partial charge in [0.15, 0.2) is 5.65 Å². The third kappa shape index (κ3) is 3.14. The van der Waals surface area contributed by atoms with Crippen LogP contribution in [0, 0.1) is 0 Å². The van der Waals surface area contributed by atoms with Crippen LogP contribution < -0.4 is 10.9 Å². The normalized spacial score (nSPS) is 10.9. The molecule has 0 radical (unpaired) electrons. The molecule has 3 N–H and O–H groups in total. The van der Waals surface area contributed by atoms with Gasteiger partial charge >= 0.3 is 0 Å². The lowest BCUT2D eigenvalue weighted by molar-refractivity contribution is 0.0955. The van der Waals surface area contributed by atoms with E-state index in [1.54, 1.807) is 41.9 Å². The molecule has 4 heterocycles. The lowest BCUT2D eigenvalue weighted by Gasteiger charge is -2.05. The zero-order valence-electron chi connectivity index (χ0n) is 13.7. The van der Waals surface area contributed by atoms with Crippen molar-refractivity contribution in [2.45, 2.75) is 6.42 Å². The molecule has 0 atom stereocenters. The smallest absolute Gasteiger partial charge is 0.253 e. The molecule has 7 nitrogen and oxygen atoms in total. The van der Waals surface area contributed by atoms with E-state index >= 15 is 0 Å². The molecule has 0 saturated carbocycles. The summed E-state index contributed by atoms with van der Waals surface area (Å²) >= 11 is 1.58. The minimum Gasteiger partial charge on any atom is -0.352 e. The zero-order chi connectivity index (χ0) is 17.9. The van der Waals surface area contributed by atoms with E-state index in [0.29, 0.717) is 41.1 Å². The quantitative estimate of drug-likeness (QED) is 0.505. The van der Waals surface area contributed by atoms with E-state index in [2.05, 4.69) is 25.3 Å². The first-order valence-corrected chi connectivity index (χ1v) is 8.99. The van der Waals surface area contributed by atoms with Crippen LogP contribution in [-0.4, -0.2) is 32.4 Å². The first-order valence-electron chi connectivity index (χ1n) is 8.04. The maximum absolute atomic E-state index is 12.6. The van der Waals surface area contributed by atoms with E-state index < -0.39 is 0 Å². The maximum atomic E-state index is 12.6. The molecule has 0 fully saturated rings. The summed E-state index contributed by atoms with van der Waals surface area (Å²) in [6.45, 7) is 0.362. The molecule has 4 aromatic rings. The summed E-state index contributed by atoms with van der Waals surface area (Å²) in [5, 5.41) is 6.79. The molecule has 0 aliphatic rings. The first kappa shape index (κ1) is 16.2. The fourth-order valence-corrected chi connectivity index (χ4v) is 3.34. The molecule has 4 aromatic heterocycles. The SMILES string of the molecule is O=C(NCCc1ccc[nH]c1=O)c1ccnc2nc(-c3ccsc3)[nH]c12. The van der Waals surface area contributed by atoms with Crippen molar-refractivity contribution in [1.82, 2.24) is 25.3 Å². The Morgan fingerprint density at radius 1 is 1.27 bits per heavy atom. The molecule has 0 bridgehead atoms. The molecule has 0 aromatic carbocycles. The highest BCUT2D eigenvalue weighted by molar-refractivity contribution is 7.08. The number of carbonyl (C=O) groups is 1. The summed E-state index contributed by atoms with van der Waals surface area (Å²) in [5.74, 6) is 0.454. The van der Waals surface area contributed by atoms with E-state index in [-0.39, 0.29) is 11.5 Å². The number of hydrogen-bond acceptors (Lipinski definition) is 5. The number of H-pyrrole nitrogens is 2. The number of hydrogen-bond donors (Lipinski definition) is 3. The molecular weight excluding hydrogens is 350 g/mol. The van der Waals surface area contributed by atoms with E-state index in [4.69, 9.17) is 0 Å². The van der Waals surface area contributed by atoms with Crippen LogP contribution in [0.1, 0.15) is 15.9 Å². The number of pyridine rings is 2. The molecule has 8 heteroatoms. The number of amides is 1. The molecule has 26 heavy (non-hydrogen) atoms. The Morgan fingerprint density at radius 2 is 2.19 bits per heavy atom. The lowest BCUT2D eigenvalue weighted by atomic mass is 10.2. The number of aromatic amines is 2. The van der Waals surface area contributed by atoms with Gasteiger partial charge in [0.05, 0.1) is 11.1 Å². The van der Waals surface area contributed by atoms with Crippen LogP contribution in [0.5, 0.6) is 0 Å². The third-order valence-corrected chi connectivity index (χ3v) is 4.69. The predicted molar refractivity (Wildman–Crippen MR) is 100 cm³/mol. The Hall–Kier alpha value is -3.26. The van der Waals surface area contributed by atoms with Gasteiger partial charge < -0.3 is 15.3 Å². The number of nitrogens with one attached hydrogen (secondary N) is 3. The summed E-state index contributed by atoms with van der Waals surface area (Å²) in [4.78, 5) is 38.7. The van der Waals surface area contributed by atoms with Gasteiger partial charge in [-0.1, -0.05) is 6.07 Å². The number of carbonyl (C=O) groups excluding carboxylic acids is 1. The van der Waals surface area contributed by atoms with Gasteiger partial charge in [-0.2, -0.15) is 11.3 Å². The van der Waals surface area contributed by atoms with Crippen LogP contribution in [-0.2, 0) is 6.42 Å². The Balaban J connectivity index is 1.53. The molecule has 0 spiro atoms. The Bertz CT molecular complexity index is 1110. The van der Waals surface area contributed by atoms with Crippen molar-refractivity contribution in [2.75, 3.05) is 6.54 Å². The van der Waals surface area contributed by atoms with Crippen molar-refractivity contribution in [1.29, 1.82) is 0 Å². The number of fused-ring (bicyclic) bond motifs is 1. The van der Waals surface area contributed by atoms with Gasteiger partial charge in [-0.25, -0.2) is 9.97 Å². The van der Waals surface area contributed by atoms with Crippen LogP contribution in [0.15, 0.2) is 52.2 Å². The van der Waals surface area contributed by atoms with Crippen LogP contribution in [0.3, 0.4) is 0 Å². The second kappa shape index (κ2) is 6.93. The molecule has 0 unspecified atom stereocenters. The minimum atomic E-state index is -0.231. The second-order valence-electron chi connectivity index (χ2n) is 5.68. The fourth-order valence-electron chi connectivity index (χ4n) is 2.70. The van der Waals surface area contributed by atoms with Crippen LogP contribution in [0.4, 0.5) is 0 Å². The fraction of sp³-hybridized carbons (Fsp3) is 0.111. The lowest BCUT2D eigenvalue weighted by Crippen LogP contribution is -2.27. The molecule has 4 rings (SSSR count). The van der Waals surface area contributed by atoms with E-state index in [1.165, 1.54) is 0 Å². The summed E-state index contributed by atoms with van der Waals surface area (Å²) < 4.78 is 0. The summed E-state index contributed by atoms with van der Waals surface area (Å²) in [6.07, 6.45) is 3.61. The van der Waals surface area contributed by atoms with Crippen LogP contribution in [0.25, 0.3) is 22.6 Å². The average molecular weight is 365 g/mol.